The van der Waals surface area contributed by atoms with E-state index in [9.17, 15) is 4.79 Å². The van der Waals surface area contributed by atoms with Crippen LogP contribution in [0.3, 0.4) is 0 Å². The van der Waals surface area contributed by atoms with Crippen LogP contribution in [0.15, 0.2) is 21.9 Å². The quantitative estimate of drug-likeness (QED) is 0.876. The molecule has 2 rings (SSSR count). The van der Waals surface area contributed by atoms with Gasteiger partial charge in [0.15, 0.2) is 11.0 Å². The van der Waals surface area contributed by atoms with E-state index >= 15 is 0 Å². The van der Waals surface area contributed by atoms with E-state index in [4.69, 9.17) is 4.42 Å². The zero-order valence-electron chi connectivity index (χ0n) is 13.8. The summed E-state index contributed by atoms with van der Waals surface area (Å²) in [6, 6.07) is 1.86. The molecule has 7 heteroatoms. The van der Waals surface area contributed by atoms with Crippen LogP contribution < -0.4 is 5.32 Å². The Labute approximate surface area is 134 Å². The fourth-order valence-corrected chi connectivity index (χ4v) is 2.77. The number of nitrogens with zero attached hydrogens (tertiary/aromatic N) is 3. The monoisotopic (exact) mass is 322 g/mol. The molecule has 0 spiro atoms. The molecular weight excluding hydrogens is 300 g/mol. The zero-order valence-corrected chi connectivity index (χ0v) is 14.6. The van der Waals surface area contributed by atoms with Crippen LogP contribution in [0.2, 0.25) is 0 Å². The van der Waals surface area contributed by atoms with Gasteiger partial charge in [0, 0.05) is 12.6 Å². The van der Waals surface area contributed by atoms with Gasteiger partial charge in [0.2, 0.25) is 5.91 Å². The van der Waals surface area contributed by atoms with E-state index in [-0.39, 0.29) is 16.7 Å². The molecular formula is C15H22N4O2S. The minimum atomic E-state index is -0.250. The van der Waals surface area contributed by atoms with E-state index in [0.29, 0.717) is 5.16 Å². The molecule has 1 N–H and O–H groups in total. The Balaban J connectivity index is 2.13. The molecule has 0 aliphatic carbocycles. The molecule has 0 unspecified atom stereocenters. The van der Waals surface area contributed by atoms with Crippen LogP contribution in [0.4, 0.5) is 0 Å². The van der Waals surface area contributed by atoms with Crippen LogP contribution >= 0.6 is 11.8 Å². The maximum Gasteiger partial charge on any atom is 0.233 e. The third-order valence-electron chi connectivity index (χ3n) is 3.08. The molecule has 0 radical (unpaired) electrons. The van der Waals surface area contributed by atoms with Gasteiger partial charge in [-0.05, 0) is 40.7 Å². The van der Waals surface area contributed by atoms with Crippen LogP contribution in [-0.4, -0.2) is 31.5 Å². The summed E-state index contributed by atoms with van der Waals surface area (Å²) in [5.74, 6) is 1.52. The number of aryl methyl sites for hydroxylation is 1. The maximum atomic E-state index is 12.2. The molecule has 2 heterocycles. The van der Waals surface area contributed by atoms with Crippen molar-refractivity contribution >= 4 is 17.7 Å². The van der Waals surface area contributed by atoms with E-state index in [0.717, 1.165) is 17.1 Å². The van der Waals surface area contributed by atoms with Crippen molar-refractivity contribution in [2.24, 2.45) is 7.05 Å². The molecule has 22 heavy (non-hydrogen) atoms. The molecule has 0 saturated carbocycles. The second kappa shape index (κ2) is 6.16. The summed E-state index contributed by atoms with van der Waals surface area (Å²) in [5, 5.41) is 11.8. The van der Waals surface area contributed by atoms with Crippen molar-refractivity contribution in [2.45, 2.75) is 50.6 Å². The van der Waals surface area contributed by atoms with Gasteiger partial charge in [0.1, 0.15) is 5.76 Å². The lowest BCUT2D eigenvalue weighted by molar-refractivity contribution is -0.121. The fraction of sp³-hybridized carbons (Fsp3) is 0.533. The first-order valence-electron chi connectivity index (χ1n) is 7.11. The minimum Gasteiger partial charge on any atom is -0.469 e. The Kier molecular flexibility index (Phi) is 4.65. The predicted molar refractivity (Wildman–Crippen MR) is 86.7 cm³/mol. The average molecular weight is 322 g/mol. The maximum absolute atomic E-state index is 12.2. The molecule has 1 amide bonds. The summed E-state index contributed by atoms with van der Waals surface area (Å²) in [6.07, 6.45) is 1.63. The molecule has 120 valence electrons. The molecule has 6 nitrogen and oxygen atoms in total. The van der Waals surface area contributed by atoms with Gasteiger partial charge in [-0.25, -0.2) is 0 Å². The number of nitrogens with one attached hydrogen (secondary N) is 1. The van der Waals surface area contributed by atoms with Gasteiger partial charge in [-0.15, -0.1) is 10.2 Å². The summed E-state index contributed by atoms with van der Waals surface area (Å²) in [6.45, 7) is 9.64. The topological polar surface area (TPSA) is 72.9 Å². The Morgan fingerprint density at radius 3 is 2.64 bits per heavy atom. The van der Waals surface area contributed by atoms with Crippen LogP contribution in [0.5, 0.6) is 0 Å². The van der Waals surface area contributed by atoms with Crippen LogP contribution in [0.25, 0.3) is 11.4 Å². The first-order chi connectivity index (χ1) is 10.2. The van der Waals surface area contributed by atoms with Gasteiger partial charge in [-0.2, -0.15) is 0 Å². The second-order valence-electron chi connectivity index (χ2n) is 6.25. The number of amides is 1. The van der Waals surface area contributed by atoms with Crippen molar-refractivity contribution in [2.75, 3.05) is 0 Å². The molecule has 1 atom stereocenters. The summed E-state index contributed by atoms with van der Waals surface area (Å²) >= 11 is 1.39. The van der Waals surface area contributed by atoms with Gasteiger partial charge in [0.25, 0.3) is 0 Å². The molecule has 0 saturated heterocycles. The Morgan fingerprint density at radius 1 is 1.41 bits per heavy atom. The lowest BCUT2D eigenvalue weighted by atomic mass is 10.1. The first kappa shape index (κ1) is 16.6. The zero-order chi connectivity index (χ0) is 16.5. The smallest absolute Gasteiger partial charge is 0.233 e. The SMILES string of the molecule is Cc1occc1-c1nnc(S[C@H](C)C(=O)NC(C)(C)C)n1C. The molecule has 0 aliphatic rings. The van der Waals surface area contributed by atoms with Gasteiger partial charge < -0.3 is 14.3 Å². The predicted octanol–water partition coefficient (Wildman–Crippen LogP) is 2.78. The van der Waals surface area contributed by atoms with Crippen LogP contribution in [-0.2, 0) is 11.8 Å². The number of rotatable bonds is 4. The minimum absolute atomic E-state index is 0.0125. The lowest BCUT2D eigenvalue weighted by Crippen LogP contribution is -2.44. The lowest BCUT2D eigenvalue weighted by Gasteiger charge is -2.22. The number of hydrogen-bond acceptors (Lipinski definition) is 5. The largest absolute Gasteiger partial charge is 0.469 e. The van der Waals surface area contributed by atoms with Crippen molar-refractivity contribution in [3.63, 3.8) is 0 Å². The summed E-state index contributed by atoms with van der Waals surface area (Å²) < 4.78 is 7.18. The van der Waals surface area contributed by atoms with Crippen molar-refractivity contribution in [3.05, 3.63) is 18.1 Å². The summed E-state index contributed by atoms with van der Waals surface area (Å²) in [7, 11) is 1.89. The van der Waals surface area contributed by atoms with E-state index in [1.54, 1.807) is 6.26 Å². The molecule has 2 aromatic rings. The Bertz CT molecular complexity index is 669. The molecule has 0 aliphatic heterocycles. The van der Waals surface area contributed by atoms with E-state index < -0.39 is 0 Å². The molecule has 0 bridgehead atoms. The van der Waals surface area contributed by atoms with E-state index in [1.165, 1.54) is 11.8 Å². The van der Waals surface area contributed by atoms with Gasteiger partial charge in [-0.3, -0.25) is 4.79 Å². The van der Waals surface area contributed by atoms with Gasteiger partial charge in [-0.1, -0.05) is 11.8 Å². The number of furan rings is 1. The van der Waals surface area contributed by atoms with Crippen molar-refractivity contribution in [3.8, 4) is 11.4 Å². The van der Waals surface area contributed by atoms with E-state index in [1.807, 2.05) is 52.3 Å². The summed E-state index contributed by atoms with van der Waals surface area (Å²) in [5.41, 5.74) is 0.666. The van der Waals surface area contributed by atoms with Crippen LogP contribution in [0.1, 0.15) is 33.5 Å². The van der Waals surface area contributed by atoms with Crippen molar-refractivity contribution in [1.29, 1.82) is 0 Å². The molecule has 0 fully saturated rings. The van der Waals surface area contributed by atoms with E-state index in [2.05, 4.69) is 15.5 Å². The number of carbonyl (C=O) groups excluding carboxylic acids is 1. The second-order valence-corrected chi connectivity index (χ2v) is 7.56. The number of carbonyl (C=O) groups is 1. The van der Waals surface area contributed by atoms with Gasteiger partial charge in [0.05, 0.1) is 17.1 Å². The van der Waals surface area contributed by atoms with Crippen molar-refractivity contribution < 1.29 is 9.21 Å². The van der Waals surface area contributed by atoms with Crippen LogP contribution in [0, 0.1) is 6.92 Å². The number of thioether (sulfide) groups is 1. The standard InChI is InChI=1S/C15H22N4O2S/c1-9-11(7-8-21-9)12-17-18-14(19(12)6)22-10(2)13(20)16-15(3,4)5/h7-8,10H,1-6H3,(H,16,20)/t10-/m1/s1. The highest BCUT2D eigenvalue weighted by molar-refractivity contribution is 8.00. The summed E-state index contributed by atoms with van der Waals surface area (Å²) in [4.78, 5) is 12.2. The van der Waals surface area contributed by atoms with Crippen molar-refractivity contribution in [1.82, 2.24) is 20.1 Å². The fourth-order valence-electron chi connectivity index (χ4n) is 1.95. The highest BCUT2D eigenvalue weighted by atomic mass is 32.2. The third kappa shape index (κ3) is 3.71. The number of hydrogen-bond donors (Lipinski definition) is 1. The Morgan fingerprint density at radius 2 is 2.09 bits per heavy atom. The highest BCUT2D eigenvalue weighted by Gasteiger charge is 2.23. The first-order valence-corrected chi connectivity index (χ1v) is 7.99. The number of aromatic nitrogens is 3. The Hall–Kier alpha value is -1.76. The third-order valence-corrected chi connectivity index (χ3v) is 4.22. The molecule has 2 aromatic heterocycles. The molecule has 0 aromatic carbocycles. The normalized spacial score (nSPS) is 13.2. The highest BCUT2D eigenvalue weighted by Crippen LogP contribution is 2.27. The van der Waals surface area contributed by atoms with Gasteiger partial charge >= 0.3 is 0 Å². The average Bonchev–Trinajstić information content (AvgIpc) is 2.95.